The molecule has 2 heterocycles. The van der Waals surface area contributed by atoms with Gasteiger partial charge in [-0.3, -0.25) is 9.58 Å². The number of aromatic nitrogens is 2. The number of hydrogen-bond acceptors (Lipinski definition) is 4. The Morgan fingerprint density at radius 2 is 1.88 bits per heavy atom. The van der Waals surface area contributed by atoms with Crippen molar-refractivity contribution < 1.29 is 9.47 Å². The second-order valence-corrected chi connectivity index (χ2v) is 6.19. The molecule has 130 valence electrons. The first kappa shape index (κ1) is 16.8. The highest BCUT2D eigenvalue weighted by molar-refractivity contribution is 5.44. The zero-order valence-corrected chi connectivity index (χ0v) is 15.1. The molecule has 0 N–H and O–H groups in total. The summed E-state index contributed by atoms with van der Waals surface area (Å²) < 4.78 is 12.9. The first-order valence-electron chi connectivity index (χ1n) is 8.80. The molecule has 0 unspecified atom stereocenters. The van der Waals surface area contributed by atoms with Crippen LogP contribution in [0.1, 0.15) is 43.3 Å². The molecular formula is C19H27N3O2. The van der Waals surface area contributed by atoms with E-state index >= 15 is 0 Å². The fourth-order valence-electron chi connectivity index (χ4n) is 3.37. The number of rotatable bonds is 7. The molecule has 24 heavy (non-hydrogen) atoms. The van der Waals surface area contributed by atoms with Crippen molar-refractivity contribution in [3.05, 3.63) is 40.7 Å². The minimum Gasteiger partial charge on any atom is -0.454 e. The molecule has 1 aliphatic heterocycles. The molecule has 1 aliphatic rings. The lowest BCUT2D eigenvalue weighted by Crippen LogP contribution is -2.23. The normalized spacial score (nSPS) is 13.0. The summed E-state index contributed by atoms with van der Waals surface area (Å²) >= 11 is 0. The lowest BCUT2D eigenvalue weighted by Gasteiger charge is -2.21. The smallest absolute Gasteiger partial charge is 0.231 e. The molecule has 3 rings (SSSR count). The lowest BCUT2D eigenvalue weighted by molar-refractivity contribution is 0.174. The molecule has 5 heteroatoms. The molecule has 1 aromatic carbocycles. The average molecular weight is 329 g/mol. The molecule has 0 fully saturated rings. The zero-order chi connectivity index (χ0) is 17.1. The van der Waals surface area contributed by atoms with Gasteiger partial charge in [0, 0.05) is 31.4 Å². The van der Waals surface area contributed by atoms with E-state index < -0.39 is 0 Å². The number of benzene rings is 1. The highest BCUT2D eigenvalue weighted by atomic mass is 16.7. The molecule has 1 aromatic heterocycles. The predicted molar refractivity (Wildman–Crippen MR) is 94.3 cm³/mol. The predicted octanol–water partition coefficient (Wildman–Crippen LogP) is 3.30. The number of nitrogens with zero attached hydrogens (tertiary/aromatic N) is 3. The Labute approximate surface area is 144 Å². The van der Waals surface area contributed by atoms with Crippen LogP contribution in [0, 0.1) is 0 Å². The van der Waals surface area contributed by atoms with Crippen molar-refractivity contribution in [1.82, 2.24) is 14.7 Å². The largest absolute Gasteiger partial charge is 0.454 e. The zero-order valence-electron chi connectivity index (χ0n) is 15.1. The van der Waals surface area contributed by atoms with Crippen LogP contribution >= 0.6 is 0 Å². The second kappa shape index (κ2) is 7.26. The highest BCUT2D eigenvalue weighted by Gasteiger charge is 2.18. The number of fused-ring (bicyclic) bond motifs is 1. The Hall–Kier alpha value is -2.01. The topological polar surface area (TPSA) is 39.5 Å². The van der Waals surface area contributed by atoms with Gasteiger partial charge in [-0.2, -0.15) is 5.10 Å². The van der Waals surface area contributed by atoms with Crippen molar-refractivity contribution >= 4 is 0 Å². The van der Waals surface area contributed by atoms with E-state index in [0.29, 0.717) is 6.79 Å². The molecule has 5 nitrogen and oxygen atoms in total. The third-order valence-electron chi connectivity index (χ3n) is 4.70. The summed E-state index contributed by atoms with van der Waals surface area (Å²) in [7, 11) is 2.05. The minimum atomic E-state index is 0.325. The maximum Gasteiger partial charge on any atom is 0.231 e. The van der Waals surface area contributed by atoms with Crippen molar-refractivity contribution in [1.29, 1.82) is 0 Å². The molecule has 0 saturated carbocycles. The third-order valence-corrected chi connectivity index (χ3v) is 4.70. The standard InChI is InChI=1S/C19H27N3O2/c1-5-16-15(17(6-2)21(4)20-16)12-22(7-3)11-14-8-9-18-19(10-14)24-13-23-18/h8-10H,5-7,11-13H2,1-4H3. The summed E-state index contributed by atoms with van der Waals surface area (Å²) in [6, 6.07) is 6.22. The highest BCUT2D eigenvalue weighted by Crippen LogP contribution is 2.33. The van der Waals surface area contributed by atoms with Gasteiger partial charge in [-0.15, -0.1) is 0 Å². The molecule has 0 spiro atoms. The van der Waals surface area contributed by atoms with Crippen LogP contribution in [0.2, 0.25) is 0 Å². The molecule has 0 atom stereocenters. The van der Waals surface area contributed by atoms with Crippen molar-refractivity contribution in [2.24, 2.45) is 7.05 Å². The second-order valence-electron chi connectivity index (χ2n) is 6.19. The number of ether oxygens (including phenoxy) is 2. The molecule has 0 saturated heterocycles. The SMILES string of the molecule is CCc1nn(C)c(CC)c1CN(CC)Cc1ccc2c(c1)OCO2. The van der Waals surface area contributed by atoms with Crippen LogP contribution in [-0.2, 0) is 33.0 Å². The van der Waals surface area contributed by atoms with E-state index in [4.69, 9.17) is 14.6 Å². The summed E-state index contributed by atoms with van der Waals surface area (Å²) in [5.74, 6) is 1.70. The van der Waals surface area contributed by atoms with Crippen molar-refractivity contribution in [3.8, 4) is 11.5 Å². The molecule has 0 radical (unpaired) electrons. The van der Waals surface area contributed by atoms with Crippen LogP contribution in [0.4, 0.5) is 0 Å². The maximum atomic E-state index is 5.49. The first-order valence-corrected chi connectivity index (χ1v) is 8.80. The first-order chi connectivity index (χ1) is 11.7. The number of hydrogen-bond donors (Lipinski definition) is 0. The Kier molecular flexibility index (Phi) is 5.09. The fraction of sp³-hybridized carbons (Fsp3) is 0.526. The van der Waals surface area contributed by atoms with Crippen molar-refractivity contribution in [2.45, 2.75) is 46.7 Å². The van der Waals surface area contributed by atoms with Crippen LogP contribution in [0.15, 0.2) is 18.2 Å². The fourth-order valence-corrected chi connectivity index (χ4v) is 3.37. The Morgan fingerprint density at radius 1 is 1.08 bits per heavy atom. The Bertz CT molecular complexity index is 709. The van der Waals surface area contributed by atoms with Gasteiger partial charge >= 0.3 is 0 Å². The van der Waals surface area contributed by atoms with Gasteiger partial charge in [0.2, 0.25) is 6.79 Å². The lowest BCUT2D eigenvalue weighted by atomic mass is 10.1. The maximum absolute atomic E-state index is 5.49. The van der Waals surface area contributed by atoms with Gasteiger partial charge < -0.3 is 9.47 Å². The van der Waals surface area contributed by atoms with Crippen molar-refractivity contribution in [3.63, 3.8) is 0 Å². The van der Waals surface area contributed by atoms with Crippen LogP contribution < -0.4 is 9.47 Å². The summed E-state index contributed by atoms with van der Waals surface area (Å²) in [5, 5.41) is 4.70. The summed E-state index contributed by atoms with van der Waals surface area (Å²) in [4.78, 5) is 2.45. The molecule has 0 aliphatic carbocycles. The van der Waals surface area contributed by atoms with Gasteiger partial charge in [-0.1, -0.05) is 26.8 Å². The van der Waals surface area contributed by atoms with Crippen LogP contribution in [0.3, 0.4) is 0 Å². The van der Waals surface area contributed by atoms with E-state index in [9.17, 15) is 0 Å². The van der Waals surface area contributed by atoms with E-state index in [1.54, 1.807) is 0 Å². The van der Waals surface area contributed by atoms with E-state index in [2.05, 4.69) is 44.9 Å². The van der Waals surface area contributed by atoms with Crippen LogP contribution in [-0.4, -0.2) is 28.0 Å². The molecule has 2 aromatic rings. The summed E-state index contributed by atoms with van der Waals surface area (Å²) in [6.45, 7) is 9.74. The van der Waals surface area contributed by atoms with Gasteiger partial charge in [0.05, 0.1) is 5.69 Å². The van der Waals surface area contributed by atoms with Gasteiger partial charge in [-0.25, -0.2) is 0 Å². The van der Waals surface area contributed by atoms with Gasteiger partial charge in [0.25, 0.3) is 0 Å². The summed E-state index contributed by atoms with van der Waals surface area (Å²) in [6.07, 6.45) is 1.99. The molecule has 0 amide bonds. The van der Waals surface area contributed by atoms with Gasteiger partial charge in [0.15, 0.2) is 11.5 Å². The van der Waals surface area contributed by atoms with E-state index in [-0.39, 0.29) is 0 Å². The Balaban J connectivity index is 1.78. The number of aryl methyl sites for hydroxylation is 2. The van der Waals surface area contributed by atoms with Crippen LogP contribution in [0.5, 0.6) is 11.5 Å². The van der Waals surface area contributed by atoms with E-state index in [1.165, 1.54) is 22.5 Å². The third kappa shape index (κ3) is 3.26. The van der Waals surface area contributed by atoms with Gasteiger partial charge in [-0.05, 0) is 37.1 Å². The minimum absolute atomic E-state index is 0.325. The van der Waals surface area contributed by atoms with Gasteiger partial charge in [0.1, 0.15) is 0 Å². The van der Waals surface area contributed by atoms with Crippen molar-refractivity contribution in [2.75, 3.05) is 13.3 Å². The average Bonchev–Trinajstić information content (AvgIpc) is 3.17. The van der Waals surface area contributed by atoms with E-state index in [0.717, 1.165) is 44.0 Å². The Morgan fingerprint density at radius 3 is 2.58 bits per heavy atom. The monoisotopic (exact) mass is 329 g/mol. The molecule has 0 bridgehead atoms. The van der Waals surface area contributed by atoms with Crippen LogP contribution in [0.25, 0.3) is 0 Å². The molecular weight excluding hydrogens is 302 g/mol. The summed E-state index contributed by atoms with van der Waals surface area (Å²) in [5.41, 5.74) is 5.21. The quantitative estimate of drug-likeness (QED) is 0.781. The van der Waals surface area contributed by atoms with E-state index in [1.807, 2.05) is 10.7 Å².